The molecule has 1 aromatic heterocycles. The van der Waals surface area contributed by atoms with Crippen molar-refractivity contribution in [1.29, 1.82) is 0 Å². The van der Waals surface area contributed by atoms with Gasteiger partial charge in [0, 0.05) is 22.9 Å². The van der Waals surface area contributed by atoms with Crippen molar-refractivity contribution in [3.05, 3.63) is 57.8 Å². The third kappa shape index (κ3) is 3.49. The number of hydrogen-bond acceptors (Lipinski definition) is 6. The number of anilines is 1. The molecule has 1 fully saturated rings. The number of benzene rings is 1. The quantitative estimate of drug-likeness (QED) is 0.440. The van der Waals surface area contributed by atoms with Crippen LogP contribution < -0.4 is 4.90 Å². The van der Waals surface area contributed by atoms with Crippen molar-refractivity contribution in [2.45, 2.75) is 18.7 Å². The number of allylic oxidation sites excluding steroid dienone is 2. The fourth-order valence-electron chi connectivity index (χ4n) is 3.08. The number of hydrogen-bond donors (Lipinski definition) is 0. The summed E-state index contributed by atoms with van der Waals surface area (Å²) in [6.07, 6.45) is 3.95. The van der Waals surface area contributed by atoms with Crippen LogP contribution in [0.15, 0.2) is 62.7 Å². The highest BCUT2D eigenvalue weighted by Crippen LogP contribution is 2.47. The largest absolute Gasteiger partial charge is 0.335 e. The molecule has 0 bridgehead atoms. The Morgan fingerprint density at radius 2 is 1.89 bits per heavy atom. The van der Waals surface area contributed by atoms with Gasteiger partial charge in [0.2, 0.25) is 0 Å². The Hall–Kier alpha value is -1.54. The van der Waals surface area contributed by atoms with Crippen LogP contribution in [0.1, 0.15) is 13.8 Å². The molecule has 7 heteroatoms. The molecule has 1 amide bonds. The van der Waals surface area contributed by atoms with E-state index in [1.54, 1.807) is 28.0 Å². The van der Waals surface area contributed by atoms with Gasteiger partial charge in [0.05, 0.1) is 15.6 Å². The van der Waals surface area contributed by atoms with Crippen LogP contribution in [0.4, 0.5) is 5.69 Å². The number of nitrogens with zero attached hydrogens (tertiary/aromatic N) is 2. The number of carbonyl (C=O) groups is 1. The summed E-state index contributed by atoms with van der Waals surface area (Å²) in [6.45, 7) is 5.59. The standard InChI is InChI=1S/C20H18N2OS4/c1-3-21-14-12-13(15-6-5-11-25-15)7-8-16(14)26-18(21)10-9-17-19(23)22(4-2)20(24)27-17/h5-12H,3-4H2,1-2H3/b17-9+,18-10+. The van der Waals surface area contributed by atoms with E-state index in [0.29, 0.717) is 15.8 Å². The van der Waals surface area contributed by atoms with Gasteiger partial charge < -0.3 is 4.90 Å². The van der Waals surface area contributed by atoms with E-state index in [1.807, 2.05) is 19.1 Å². The van der Waals surface area contributed by atoms with Crippen LogP contribution in [-0.2, 0) is 4.79 Å². The maximum absolute atomic E-state index is 12.4. The number of amides is 1. The van der Waals surface area contributed by atoms with E-state index in [0.717, 1.165) is 11.6 Å². The molecule has 2 aromatic rings. The minimum Gasteiger partial charge on any atom is -0.335 e. The second-order valence-corrected chi connectivity index (χ2v) is 9.65. The number of thioether (sulfide) groups is 2. The third-order valence-electron chi connectivity index (χ3n) is 4.42. The number of fused-ring (bicyclic) bond motifs is 1. The molecule has 1 saturated heterocycles. The molecule has 2 aliphatic heterocycles. The van der Waals surface area contributed by atoms with Crippen molar-refractivity contribution >= 4 is 63.0 Å². The first kappa shape index (κ1) is 18.8. The second-order valence-electron chi connectivity index (χ2n) is 5.96. The summed E-state index contributed by atoms with van der Waals surface area (Å²) < 4.78 is 0.641. The first-order valence-corrected chi connectivity index (χ1v) is 11.6. The summed E-state index contributed by atoms with van der Waals surface area (Å²) in [6, 6.07) is 10.9. The average Bonchev–Trinajstić information content (AvgIpc) is 3.37. The Labute approximate surface area is 177 Å². The number of thiophene rings is 1. The molecule has 0 unspecified atom stereocenters. The molecule has 138 valence electrons. The fourth-order valence-corrected chi connectivity index (χ4v) is 6.24. The molecule has 0 radical (unpaired) electrons. The van der Waals surface area contributed by atoms with E-state index in [-0.39, 0.29) is 5.91 Å². The monoisotopic (exact) mass is 430 g/mol. The summed E-state index contributed by atoms with van der Waals surface area (Å²) in [7, 11) is 0. The van der Waals surface area contributed by atoms with Gasteiger partial charge >= 0.3 is 0 Å². The van der Waals surface area contributed by atoms with Gasteiger partial charge in [0.15, 0.2) is 0 Å². The molecule has 0 spiro atoms. The zero-order valence-electron chi connectivity index (χ0n) is 15.0. The van der Waals surface area contributed by atoms with E-state index in [4.69, 9.17) is 12.2 Å². The predicted octanol–water partition coefficient (Wildman–Crippen LogP) is 5.95. The summed E-state index contributed by atoms with van der Waals surface area (Å²) in [5.74, 6) is 0.00731. The Balaban J connectivity index is 1.63. The molecule has 3 heterocycles. The van der Waals surface area contributed by atoms with Crippen molar-refractivity contribution in [3.63, 3.8) is 0 Å². The van der Waals surface area contributed by atoms with Crippen molar-refractivity contribution in [2.75, 3.05) is 18.0 Å². The maximum Gasteiger partial charge on any atom is 0.266 e. The van der Waals surface area contributed by atoms with Crippen LogP contribution in [0, 0.1) is 0 Å². The van der Waals surface area contributed by atoms with Gasteiger partial charge in [-0.15, -0.1) is 11.3 Å². The average molecular weight is 431 g/mol. The lowest BCUT2D eigenvalue weighted by molar-refractivity contribution is -0.122. The maximum atomic E-state index is 12.4. The highest BCUT2D eigenvalue weighted by atomic mass is 32.2. The zero-order chi connectivity index (χ0) is 19.0. The van der Waals surface area contributed by atoms with Crippen molar-refractivity contribution in [3.8, 4) is 10.4 Å². The molecule has 0 saturated carbocycles. The summed E-state index contributed by atoms with van der Waals surface area (Å²) in [5.41, 5.74) is 2.47. The predicted molar refractivity (Wildman–Crippen MR) is 122 cm³/mol. The van der Waals surface area contributed by atoms with Gasteiger partial charge in [-0.25, -0.2) is 0 Å². The Morgan fingerprint density at radius 1 is 1.07 bits per heavy atom. The molecule has 4 rings (SSSR count). The number of thiocarbonyl (C=S) groups is 1. The highest BCUT2D eigenvalue weighted by molar-refractivity contribution is 8.26. The van der Waals surface area contributed by atoms with E-state index in [1.165, 1.54) is 32.8 Å². The van der Waals surface area contributed by atoms with E-state index >= 15 is 0 Å². The molecular weight excluding hydrogens is 413 g/mol. The molecule has 3 nitrogen and oxygen atoms in total. The van der Waals surface area contributed by atoms with Gasteiger partial charge in [-0.05, 0) is 55.1 Å². The smallest absolute Gasteiger partial charge is 0.266 e. The third-order valence-corrected chi connectivity index (χ3v) is 7.87. The van der Waals surface area contributed by atoms with Crippen LogP contribution in [-0.4, -0.2) is 28.2 Å². The van der Waals surface area contributed by atoms with Gasteiger partial charge in [0.1, 0.15) is 4.32 Å². The van der Waals surface area contributed by atoms with Gasteiger partial charge in [-0.1, -0.05) is 47.9 Å². The molecule has 0 aliphatic carbocycles. The molecule has 0 atom stereocenters. The molecule has 2 aliphatic rings. The van der Waals surface area contributed by atoms with Gasteiger partial charge in [0.25, 0.3) is 5.91 Å². The van der Waals surface area contributed by atoms with Crippen molar-refractivity contribution in [2.24, 2.45) is 0 Å². The van der Waals surface area contributed by atoms with E-state index < -0.39 is 0 Å². The molecule has 27 heavy (non-hydrogen) atoms. The normalized spacial score (nSPS) is 19.6. The van der Waals surface area contributed by atoms with Crippen LogP contribution in [0.2, 0.25) is 0 Å². The van der Waals surface area contributed by atoms with E-state index in [9.17, 15) is 4.79 Å². The van der Waals surface area contributed by atoms with E-state index in [2.05, 4.69) is 47.5 Å². The Kier molecular flexibility index (Phi) is 5.45. The summed E-state index contributed by atoms with van der Waals surface area (Å²) in [5, 5.41) is 3.24. The van der Waals surface area contributed by atoms with Gasteiger partial charge in [-0.3, -0.25) is 9.69 Å². The SMILES string of the molecule is CCN1C(=O)/C(=C\C=C2\Sc3ccc(-c4cccs4)cc3N2CC)SC1=S. The van der Waals surface area contributed by atoms with Crippen molar-refractivity contribution in [1.82, 2.24) is 4.90 Å². The summed E-state index contributed by atoms with van der Waals surface area (Å²) in [4.78, 5) is 19.6. The lowest BCUT2D eigenvalue weighted by Crippen LogP contribution is -2.27. The molecular formula is C20H18N2OS4. The minimum atomic E-state index is 0.00731. The Bertz CT molecular complexity index is 962. The fraction of sp³-hybridized carbons (Fsp3) is 0.200. The zero-order valence-corrected chi connectivity index (χ0v) is 18.2. The lowest BCUT2D eigenvalue weighted by Gasteiger charge is -2.18. The topological polar surface area (TPSA) is 23.6 Å². The number of rotatable bonds is 4. The first-order chi connectivity index (χ1) is 13.1. The van der Waals surface area contributed by atoms with Crippen LogP contribution in [0.25, 0.3) is 10.4 Å². The lowest BCUT2D eigenvalue weighted by atomic mass is 10.1. The first-order valence-electron chi connectivity index (χ1n) is 8.71. The number of likely N-dealkylation sites (N-methyl/N-ethyl adjacent to an activating group) is 1. The number of carbonyl (C=O) groups excluding carboxylic acids is 1. The Morgan fingerprint density at radius 3 is 2.56 bits per heavy atom. The second kappa shape index (κ2) is 7.83. The van der Waals surface area contributed by atoms with Gasteiger partial charge in [-0.2, -0.15) is 0 Å². The van der Waals surface area contributed by atoms with Crippen molar-refractivity contribution < 1.29 is 4.79 Å². The molecule has 1 aromatic carbocycles. The summed E-state index contributed by atoms with van der Waals surface area (Å²) >= 11 is 10.2. The van der Waals surface area contributed by atoms with Crippen LogP contribution in [0.3, 0.4) is 0 Å². The molecule has 0 N–H and O–H groups in total. The van der Waals surface area contributed by atoms with Crippen LogP contribution in [0.5, 0.6) is 0 Å². The highest BCUT2D eigenvalue weighted by Gasteiger charge is 2.30. The minimum absolute atomic E-state index is 0.00731. The van der Waals surface area contributed by atoms with Crippen LogP contribution >= 0.6 is 47.1 Å².